The Hall–Kier alpha value is -1.99. The first kappa shape index (κ1) is 14.4. The first-order valence-electron chi connectivity index (χ1n) is 5.60. The van der Waals surface area contributed by atoms with Gasteiger partial charge in [-0.1, -0.05) is 12.1 Å². The van der Waals surface area contributed by atoms with Crippen molar-refractivity contribution in [1.29, 1.82) is 0 Å². The normalized spacial score (nSPS) is 11.3. The summed E-state index contributed by atoms with van der Waals surface area (Å²) in [5, 5.41) is 8.88. The smallest absolute Gasteiger partial charge is 0.264 e. The van der Waals surface area contributed by atoms with Crippen LogP contribution in [0.25, 0.3) is 0 Å². The van der Waals surface area contributed by atoms with Gasteiger partial charge in [-0.25, -0.2) is 17.2 Å². The Morgan fingerprint density at radius 2 is 1.70 bits per heavy atom. The summed E-state index contributed by atoms with van der Waals surface area (Å²) in [6, 6.07) is 8.15. The molecule has 0 aliphatic heterocycles. The highest BCUT2D eigenvalue weighted by atomic mass is 32.2. The Balaban J connectivity index is 2.30. The Bertz CT molecular complexity index is 715. The molecule has 0 bridgehead atoms. The molecule has 0 aliphatic rings. The third kappa shape index (κ3) is 3.12. The Kier molecular flexibility index (Phi) is 4.01. The number of sulfonamides is 1. The van der Waals surface area contributed by atoms with Crippen LogP contribution >= 0.6 is 0 Å². The number of aliphatic hydroxyl groups excluding tert-OH is 1. The quantitative estimate of drug-likeness (QED) is 0.910. The lowest BCUT2D eigenvalue weighted by molar-refractivity contribution is 0.282. The molecule has 0 atom stereocenters. The van der Waals surface area contributed by atoms with Crippen molar-refractivity contribution in [2.24, 2.45) is 0 Å². The van der Waals surface area contributed by atoms with Gasteiger partial charge in [-0.15, -0.1) is 0 Å². The summed E-state index contributed by atoms with van der Waals surface area (Å²) in [6.07, 6.45) is 0. The van der Waals surface area contributed by atoms with E-state index in [1.807, 2.05) is 0 Å². The van der Waals surface area contributed by atoms with E-state index >= 15 is 0 Å². The van der Waals surface area contributed by atoms with Crippen LogP contribution in [-0.2, 0) is 16.6 Å². The van der Waals surface area contributed by atoms with Crippen molar-refractivity contribution >= 4 is 15.7 Å². The van der Waals surface area contributed by atoms with E-state index in [-0.39, 0.29) is 12.3 Å². The highest BCUT2D eigenvalue weighted by molar-refractivity contribution is 7.92. The fraction of sp³-hybridized carbons (Fsp3) is 0.0769. The van der Waals surface area contributed by atoms with Crippen LogP contribution in [0.3, 0.4) is 0 Å². The minimum atomic E-state index is -4.13. The van der Waals surface area contributed by atoms with Gasteiger partial charge in [0.15, 0.2) is 0 Å². The maximum atomic E-state index is 13.5. The largest absolute Gasteiger partial charge is 0.392 e. The molecular formula is C13H11F2NO3S. The van der Waals surface area contributed by atoms with Crippen LogP contribution in [0.4, 0.5) is 14.5 Å². The number of benzene rings is 2. The fourth-order valence-electron chi connectivity index (χ4n) is 1.58. The molecule has 4 nitrogen and oxygen atoms in total. The standard InChI is InChI=1S/C13H11F2NO3S/c14-10-3-6-13(12(15)7-10)20(18,19)16-11-4-1-9(8-17)2-5-11/h1-7,16-17H,8H2. The van der Waals surface area contributed by atoms with E-state index in [0.29, 0.717) is 11.6 Å². The van der Waals surface area contributed by atoms with E-state index < -0.39 is 26.6 Å². The minimum Gasteiger partial charge on any atom is -0.392 e. The number of rotatable bonds is 4. The minimum absolute atomic E-state index is 0.167. The van der Waals surface area contributed by atoms with Crippen molar-refractivity contribution < 1.29 is 22.3 Å². The number of hydrogen-bond donors (Lipinski definition) is 2. The second kappa shape index (κ2) is 5.56. The lowest BCUT2D eigenvalue weighted by atomic mass is 10.2. The van der Waals surface area contributed by atoms with Gasteiger partial charge in [0.05, 0.1) is 6.61 Å². The van der Waals surface area contributed by atoms with Crippen LogP contribution < -0.4 is 4.72 Å². The molecule has 0 heterocycles. The molecule has 0 saturated carbocycles. The summed E-state index contributed by atoms with van der Waals surface area (Å²) >= 11 is 0. The summed E-state index contributed by atoms with van der Waals surface area (Å²) in [6.45, 7) is -0.167. The van der Waals surface area contributed by atoms with Crippen molar-refractivity contribution in [2.45, 2.75) is 11.5 Å². The fourth-order valence-corrected chi connectivity index (χ4v) is 2.70. The predicted octanol–water partition coefficient (Wildman–Crippen LogP) is 2.26. The molecule has 0 aliphatic carbocycles. The number of aliphatic hydroxyl groups is 1. The molecule has 0 radical (unpaired) electrons. The van der Waals surface area contributed by atoms with E-state index in [1.165, 1.54) is 24.3 Å². The van der Waals surface area contributed by atoms with E-state index in [4.69, 9.17) is 5.11 Å². The average Bonchev–Trinajstić information content (AvgIpc) is 2.38. The molecule has 0 aromatic heterocycles. The maximum absolute atomic E-state index is 13.5. The van der Waals surface area contributed by atoms with Gasteiger partial charge >= 0.3 is 0 Å². The predicted molar refractivity (Wildman–Crippen MR) is 69.5 cm³/mol. The highest BCUT2D eigenvalue weighted by Gasteiger charge is 2.19. The molecular weight excluding hydrogens is 288 g/mol. The summed E-state index contributed by atoms with van der Waals surface area (Å²) in [4.78, 5) is -0.634. The van der Waals surface area contributed by atoms with Crippen molar-refractivity contribution in [3.8, 4) is 0 Å². The van der Waals surface area contributed by atoms with Crippen LogP contribution in [0.1, 0.15) is 5.56 Å². The van der Waals surface area contributed by atoms with Crippen LogP contribution in [0.2, 0.25) is 0 Å². The summed E-state index contributed by atoms with van der Waals surface area (Å²) in [5.41, 5.74) is 0.826. The molecule has 106 valence electrons. The number of halogens is 2. The van der Waals surface area contributed by atoms with Gasteiger partial charge in [-0.05, 0) is 29.8 Å². The van der Waals surface area contributed by atoms with E-state index in [2.05, 4.69) is 4.72 Å². The monoisotopic (exact) mass is 299 g/mol. The molecule has 0 unspecified atom stereocenters. The Morgan fingerprint density at radius 1 is 1.05 bits per heavy atom. The van der Waals surface area contributed by atoms with Gasteiger partial charge in [-0.2, -0.15) is 0 Å². The Labute approximate surface area is 114 Å². The first-order valence-corrected chi connectivity index (χ1v) is 7.08. The van der Waals surface area contributed by atoms with Gasteiger partial charge in [0.25, 0.3) is 10.0 Å². The third-order valence-corrected chi connectivity index (χ3v) is 3.99. The van der Waals surface area contributed by atoms with Crippen molar-refractivity contribution in [2.75, 3.05) is 4.72 Å². The van der Waals surface area contributed by atoms with E-state index in [9.17, 15) is 17.2 Å². The zero-order chi connectivity index (χ0) is 14.8. The third-order valence-electron chi connectivity index (χ3n) is 2.57. The lowest BCUT2D eigenvalue weighted by Gasteiger charge is -2.09. The van der Waals surface area contributed by atoms with Gasteiger partial charge in [0.2, 0.25) is 0 Å². The lowest BCUT2D eigenvalue weighted by Crippen LogP contribution is -2.14. The van der Waals surface area contributed by atoms with Gasteiger partial charge in [0, 0.05) is 11.8 Å². The summed E-state index contributed by atoms with van der Waals surface area (Å²) in [5.74, 6) is -2.02. The molecule has 2 rings (SSSR count). The van der Waals surface area contributed by atoms with Gasteiger partial charge < -0.3 is 5.11 Å². The first-order chi connectivity index (χ1) is 9.42. The van der Waals surface area contributed by atoms with Crippen LogP contribution in [0.15, 0.2) is 47.4 Å². The molecule has 20 heavy (non-hydrogen) atoms. The number of anilines is 1. The van der Waals surface area contributed by atoms with E-state index in [1.54, 1.807) is 0 Å². The molecule has 0 fully saturated rings. The topological polar surface area (TPSA) is 66.4 Å². The number of hydrogen-bond acceptors (Lipinski definition) is 3. The van der Waals surface area contributed by atoms with Crippen molar-refractivity contribution in [3.63, 3.8) is 0 Å². The molecule has 7 heteroatoms. The van der Waals surface area contributed by atoms with Crippen molar-refractivity contribution in [3.05, 3.63) is 59.7 Å². The SMILES string of the molecule is O=S(=O)(Nc1ccc(CO)cc1)c1ccc(F)cc1F. The molecule has 0 saturated heterocycles. The maximum Gasteiger partial charge on any atom is 0.264 e. The van der Waals surface area contributed by atoms with Crippen LogP contribution in [0, 0.1) is 11.6 Å². The second-order valence-corrected chi connectivity index (χ2v) is 5.69. The zero-order valence-corrected chi connectivity index (χ0v) is 11.0. The summed E-state index contributed by atoms with van der Waals surface area (Å²) < 4.78 is 52.3. The molecule has 0 amide bonds. The van der Waals surface area contributed by atoms with Gasteiger partial charge in [0.1, 0.15) is 16.5 Å². The average molecular weight is 299 g/mol. The highest BCUT2D eigenvalue weighted by Crippen LogP contribution is 2.20. The molecule has 2 aromatic rings. The van der Waals surface area contributed by atoms with E-state index in [0.717, 1.165) is 12.1 Å². The van der Waals surface area contributed by atoms with Crippen molar-refractivity contribution in [1.82, 2.24) is 0 Å². The van der Waals surface area contributed by atoms with Gasteiger partial charge in [-0.3, -0.25) is 4.72 Å². The Morgan fingerprint density at radius 3 is 2.25 bits per heavy atom. The summed E-state index contributed by atoms with van der Waals surface area (Å²) in [7, 11) is -4.13. The second-order valence-electron chi connectivity index (χ2n) is 4.04. The van der Waals surface area contributed by atoms with Crippen LogP contribution in [0.5, 0.6) is 0 Å². The number of nitrogens with one attached hydrogen (secondary N) is 1. The molecule has 2 N–H and O–H groups in total. The molecule has 0 spiro atoms. The van der Waals surface area contributed by atoms with Crippen LogP contribution in [-0.4, -0.2) is 13.5 Å². The molecule has 2 aromatic carbocycles. The zero-order valence-electron chi connectivity index (χ0n) is 10.2.